The highest BCUT2D eigenvalue weighted by atomic mass is 16.5. The third-order valence-electron chi connectivity index (χ3n) is 3.24. The van der Waals surface area contributed by atoms with Crippen LogP contribution in [-0.4, -0.2) is 0 Å². The third-order valence-corrected chi connectivity index (χ3v) is 3.24. The maximum Gasteiger partial charge on any atom is 0.146 e. The molecule has 0 radical (unpaired) electrons. The molecular formula is C17H17NO2. The van der Waals surface area contributed by atoms with Gasteiger partial charge in [-0.3, -0.25) is 0 Å². The molecule has 0 aliphatic rings. The number of benzene rings is 2. The summed E-state index contributed by atoms with van der Waals surface area (Å²) in [6.07, 6.45) is 0. The van der Waals surface area contributed by atoms with Crippen LogP contribution in [0.2, 0.25) is 0 Å². The van der Waals surface area contributed by atoms with Crippen molar-refractivity contribution in [3.05, 3.63) is 65.4 Å². The molecule has 0 saturated heterocycles. The van der Waals surface area contributed by atoms with Crippen LogP contribution in [-0.2, 0) is 13.2 Å². The predicted octanol–water partition coefficient (Wildman–Crippen LogP) is 3.78. The van der Waals surface area contributed by atoms with Crippen molar-refractivity contribution in [1.29, 1.82) is 0 Å². The number of fused-ring (bicyclic) bond motifs is 1. The first-order chi connectivity index (χ1) is 9.74. The SMILES string of the molecule is Cc1cccc(OCc2cc3ccc(CN)cc3o2)c1. The van der Waals surface area contributed by atoms with E-state index >= 15 is 0 Å². The first-order valence-electron chi connectivity index (χ1n) is 6.65. The molecule has 0 amide bonds. The molecule has 1 aromatic heterocycles. The van der Waals surface area contributed by atoms with Gasteiger partial charge in [-0.15, -0.1) is 0 Å². The Morgan fingerprint density at radius 3 is 2.80 bits per heavy atom. The highest BCUT2D eigenvalue weighted by molar-refractivity contribution is 5.78. The quantitative estimate of drug-likeness (QED) is 0.782. The van der Waals surface area contributed by atoms with Gasteiger partial charge in [0, 0.05) is 11.9 Å². The van der Waals surface area contributed by atoms with E-state index < -0.39 is 0 Å². The molecule has 0 bridgehead atoms. The fourth-order valence-electron chi connectivity index (χ4n) is 2.19. The Balaban J connectivity index is 1.77. The predicted molar refractivity (Wildman–Crippen MR) is 79.6 cm³/mol. The summed E-state index contributed by atoms with van der Waals surface area (Å²) >= 11 is 0. The summed E-state index contributed by atoms with van der Waals surface area (Å²) in [7, 11) is 0. The van der Waals surface area contributed by atoms with Crippen molar-refractivity contribution in [1.82, 2.24) is 0 Å². The average molecular weight is 267 g/mol. The van der Waals surface area contributed by atoms with Crippen molar-refractivity contribution in [3.63, 3.8) is 0 Å². The zero-order valence-electron chi connectivity index (χ0n) is 11.4. The van der Waals surface area contributed by atoms with Crippen LogP contribution in [0.15, 0.2) is 52.9 Å². The van der Waals surface area contributed by atoms with E-state index in [0.717, 1.165) is 28.0 Å². The molecule has 102 valence electrons. The Bertz CT molecular complexity index is 731. The molecule has 1 heterocycles. The molecule has 0 fully saturated rings. The van der Waals surface area contributed by atoms with Crippen LogP contribution in [0.4, 0.5) is 0 Å². The maximum atomic E-state index is 5.78. The molecule has 3 aromatic rings. The van der Waals surface area contributed by atoms with Crippen molar-refractivity contribution in [2.24, 2.45) is 5.73 Å². The lowest BCUT2D eigenvalue weighted by Gasteiger charge is -2.04. The molecule has 3 heteroatoms. The zero-order valence-corrected chi connectivity index (χ0v) is 11.4. The van der Waals surface area contributed by atoms with Gasteiger partial charge in [0.05, 0.1) is 0 Å². The highest BCUT2D eigenvalue weighted by Gasteiger charge is 2.05. The summed E-state index contributed by atoms with van der Waals surface area (Å²) < 4.78 is 11.5. The second-order valence-electron chi connectivity index (χ2n) is 4.89. The molecule has 2 aromatic carbocycles. The van der Waals surface area contributed by atoms with Gasteiger partial charge in [0.2, 0.25) is 0 Å². The number of hydrogen-bond acceptors (Lipinski definition) is 3. The van der Waals surface area contributed by atoms with Gasteiger partial charge in [0.1, 0.15) is 23.7 Å². The minimum absolute atomic E-state index is 0.427. The lowest BCUT2D eigenvalue weighted by molar-refractivity contribution is 0.274. The summed E-state index contributed by atoms with van der Waals surface area (Å²) in [6.45, 7) is 2.99. The first-order valence-corrected chi connectivity index (χ1v) is 6.65. The van der Waals surface area contributed by atoms with Crippen LogP contribution in [0.3, 0.4) is 0 Å². The standard InChI is InChI=1S/C17H17NO2/c1-12-3-2-4-15(7-12)19-11-16-9-14-6-5-13(10-18)8-17(14)20-16/h2-9H,10-11,18H2,1H3. The molecule has 20 heavy (non-hydrogen) atoms. The number of hydrogen-bond donors (Lipinski definition) is 1. The molecule has 2 N–H and O–H groups in total. The second-order valence-corrected chi connectivity index (χ2v) is 4.89. The van der Waals surface area contributed by atoms with Crippen LogP contribution >= 0.6 is 0 Å². The summed E-state index contributed by atoms with van der Waals surface area (Å²) in [5, 5.41) is 1.07. The molecule has 0 aliphatic heterocycles. The third kappa shape index (κ3) is 2.68. The molecule has 0 spiro atoms. The van der Waals surface area contributed by atoms with Crippen molar-refractivity contribution < 1.29 is 9.15 Å². The van der Waals surface area contributed by atoms with Gasteiger partial charge >= 0.3 is 0 Å². The normalized spacial score (nSPS) is 10.9. The monoisotopic (exact) mass is 267 g/mol. The van der Waals surface area contributed by atoms with Gasteiger partial charge in [-0.1, -0.05) is 24.3 Å². The molecule has 0 unspecified atom stereocenters. The minimum atomic E-state index is 0.427. The summed E-state index contributed by atoms with van der Waals surface area (Å²) in [5.41, 5.74) is 8.74. The van der Waals surface area contributed by atoms with Crippen molar-refractivity contribution in [3.8, 4) is 5.75 Å². The van der Waals surface area contributed by atoms with E-state index in [2.05, 4.69) is 0 Å². The van der Waals surface area contributed by atoms with E-state index in [0.29, 0.717) is 13.2 Å². The van der Waals surface area contributed by atoms with Gasteiger partial charge in [-0.2, -0.15) is 0 Å². The van der Waals surface area contributed by atoms with E-state index in [1.54, 1.807) is 0 Å². The zero-order chi connectivity index (χ0) is 13.9. The Morgan fingerprint density at radius 1 is 1.10 bits per heavy atom. The van der Waals surface area contributed by atoms with Crippen molar-refractivity contribution in [2.75, 3.05) is 0 Å². The van der Waals surface area contributed by atoms with Gasteiger partial charge in [-0.25, -0.2) is 0 Å². The number of furan rings is 1. The number of aryl methyl sites for hydroxylation is 1. The smallest absolute Gasteiger partial charge is 0.146 e. The largest absolute Gasteiger partial charge is 0.486 e. The Morgan fingerprint density at radius 2 is 2.00 bits per heavy atom. The molecule has 3 nitrogen and oxygen atoms in total. The molecule has 0 aliphatic carbocycles. The number of rotatable bonds is 4. The van der Waals surface area contributed by atoms with E-state index in [4.69, 9.17) is 14.9 Å². The van der Waals surface area contributed by atoms with Crippen LogP contribution in [0.1, 0.15) is 16.9 Å². The van der Waals surface area contributed by atoms with E-state index in [9.17, 15) is 0 Å². The van der Waals surface area contributed by atoms with Crippen LogP contribution in [0, 0.1) is 6.92 Å². The lowest BCUT2D eigenvalue weighted by atomic mass is 10.2. The lowest BCUT2D eigenvalue weighted by Crippen LogP contribution is -1.94. The van der Waals surface area contributed by atoms with Gasteiger partial charge < -0.3 is 14.9 Å². The van der Waals surface area contributed by atoms with Gasteiger partial charge in [0.25, 0.3) is 0 Å². The van der Waals surface area contributed by atoms with Gasteiger partial charge in [-0.05, 0) is 42.3 Å². The van der Waals surface area contributed by atoms with E-state index in [1.807, 2.05) is 55.5 Å². The van der Waals surface area contributed by atoms with Crippen molar-refractivity contribution in [2.45, 2.75) is 20.1 Å². The average Bonchev–Trinajstić information content (AvgIpc) is 2.87. The summed E-state index contributed by atoms with van der Waals surface area (Å²) in [6, 6.07) is 16.0. The Kier molecular flexibility index (Phi) is 3.44. The topological polar surface area (TPSA) is 48.4 Å². The summed E-state index contributed by atoms with van der Waals surface area (Å²) in [4.78, 5) is 0. The number of ether oxygens (including phenoxy) is 1. The van der Waals surface area contributed by atoms with Crippen LogP contribution < -0.4 is 10.5 Å². The molecule has 0 atom stereocenters. The molecule has 0 saturated carbocycles. The fourth-order valence-corrected chi connectivity index (χ4v) is 2.19. The molecular weight excluding hydrogens is 250 g/mol. The number of nitrogens with two attached hydrogens (primary N) is 1. The van der Waals surface area contributed by atoms with Crippen LogP contribution in [0.5, 0.6) is 5.75 Å². The van der Waals surface area contributed by atoms with Crippen molar-refractivity contribution >= 4 is 11.0 Å². The van der Waals surface area contributed by atoms with E-state index in [-0.39, 0.29) is 0 Å². The maximum absolute atomic E-state index is 5.78. The first kappa shape index (κ1) is 12.8. The second kappa shape index (κ2) is 5.39. The Hall–Kier alpha value is -2.26. The fraction of sp³-hybridized carbons (Fsp3) is 0.176. The van der Waals surface area contributed by atoms with E-state index in [1.165, 1.54) is 5.56 Å². The highest BCUT2D eigenvalue weighted by Crippen LogP contribution is 2.22. The Labute approximate surface area is 118 Å². The van der Waals surface area contributed by atoms with Gasteiger partial charge in [0.15, 0.2) is 0 Å². The summed E-state index contributed by atoms with van der Waals surface area (Å²) in [5.74, 6) is 1.67. The molecule has 3 rings (SSSR count). The minimum Gasteiger partial charge on any atom is -0.486 e. The van der Waals surface area contributed by atoms with Crippen LogP contribution in [0.25, 0.3) is 11.0 Å².